The highest BCUT2D eigenvalue weighted by molar-refractivity contribution is 7.98. The van der Waals surface area contributed by atoms with Crippen molar-refractivity contribution >= 4 is 22.7 Å². The minimum absolute atomic E-state index is 1.09. The van der Waals surface area contributed by atoms with E-state index in [2.05, 4.69) is 36.4 Å². The van der Waals surface area contributed by atoms with E-state index in [1.807, 2.05) is 26.1 Å². The average molecular weight is 219 g/mol. The quantitative estimate of drug-likeness (QED) is 0.663. The summed E-state index contributed by atoms with van der Waals surface area (Å²) in [6.07, 6.45) is 3.94. The minimum Gasteiger partial charge on any atom is -0.256 e. The third kappa shape index (κ3) is 2.72. The molecular formula is C13H17NS. The van der Waals surface area contributed by atoms with Gasteiger partial charge in [-0.25, -0.2) is 0 Å². The molecule has 0 fully saturated rings. The lowest BCUT2D eigenvalue weighted by Crippen LogP contribution is -1.82. The van der Waals surface area contributed by atoms with Gasteiger partial charge in [0, 0.05) is 16.5 Å². The lowest BCUT2D eigenvalue weighted by Gasteiger charge is -2.02. The highest BCUT2D eigenvalue weighted by Crippen LogP contribution is 2.22. The predicted molar refractivity (Wildman–Crippen MR) is 69.6 cm³/mol. The largest absolute Gasteiger partial charge is 0.256 e. The summed E-state index contributed by atoms with van der Waals surface area (Å²) in [6, 6.07) is 8.46. The van der Waals surface area contributed by atoms with Gasteiger partial charge < -0.3 is 0 Å². The molecule has 15 heavy (non-hydrogen) atoms. The maximum atomic E-state index is 4.34. The Morgan fingerprint density at radius 3 is 2.53 bits per heavy atom. The number of hydrogen-bond acceptors (Lipinski definition) is 2. The van der Waals surface area contributed by atoms with Crippen molar-refractivity contribution < 1.29 is 0 Å². The highest BCUT2D eigenvalue weighted by Gasteiger charge is 1.98. The van der Waals surface area contributed by atoms with E-state index in [1.54, 1.807) is 11.8 Å². The Labute approximate surface area is 95.9 Å². The normalized spacial score (nSPS) is 9.60. The number of nitrogens with zero attached hydrogens (tertiary/aromatic N) is 1. The third-order valence-electron chi connectivity index (χ3n) is 2.17. The summed E-state index contributed by atoms with van der Waals surface area (Å²) in [5.41, 5.74) is 2.38. The van der Waals surface area contributed by atoms with E-state index in [0.717, 1.165) is 5.52 Å². The summed E-state index contributed by atoms with van der Waals surface area (Å²) in [6.45, 7) is 6.11. The number of thioether (sulfide) groups is 1. The highest BCUT2D eigenvalue weighted by atomic mass is 32.2. The molecule has 80 valence electrons. The third-order valence-corrected chi connectivity index (χ3v) is 2.89. The summed E-state index contributed by atoms with van der Waals surface area (Å²) in [4.78, 5) is 5.61. The van der Waals surface area contributed by atoms with Crippen LogP contribution < -0.4 is 0 Å². The fraction of sp³-hybridized carbons (Fsp3) is 0.308. The van der Waals surface area contributed by atoms with Crippen LogP contribution in [0.4, 0.5) is 0 Å². The number of pyridine rings is 1. The molecule has 2 heteroatoms. The van der Waals surface area contributed by atoms with Crippen molar-refractivity contribution in [3.05, 3.63) is 36.0 Å². The van der Waals surface area contributed by atoms with Gasteiger partial charge in [-0.3, -0.25) is 4.98 Å². The molecule has 0 amide bonds. The first kappa shape index (κ1) is 12.1. The SMILES string of the molecule is CC.CSc1ccc2c(C)ccnc2c1. The Hall–Kier alpha value is -1.02. The van der Waals surface area contributed by atoms with Crippen molar-refractivity contribution in [3.8, 4) is 0 Å². The molecule has 0 unspecified atom stereocenters. The molecule has 1 heterocycles. The molecule has 1 aromatic carbocycles. The standard InChI is InChI=1S/C11H11NS.C2H6/c1-8-5-6-12-11-7-9(13-2)3-4-10(8)11;1-2/h3-7H,1-2H3;1-2H3. The first-order chi connectivity index (χ1) is 7.31. The Balaban J connectivity index is 0.000000531. The lowest BCUT2D eigenvalue weighted by atomic mass is 10.1. The molecule has 0 bridgehead atoms. The molecule has 0 aliphatic rings. The van der Waals surface area contributed by atoms with Crippen LogP contribution in [-0.4, -0.2) is 11.2 Å². The molecule has 2 rings (SSSR count). The molecule has 1 nitrogen and oxygen atoms in total. The van der Waals surface area contributed by atoms with Crippen LogP contribution in [0.1, 0.15) is 19.4 Å². The monoisotopic (exact) mass is 219 g/mol. The molecule has 0 spiro atoms. The Bertz CT molecular complexity index is 437. The Morgan fingerprint density at radius 2 is 1.87 bits per heavy atom. The Kier molecular flexibility index (Phi) is 4.63. The zero-order valence-corrected chi connectivity index (χ0v) is 10.6. The van der Waals surface area contributed by atoms with Crippen LogP contribution in [0.3, 0.4) is 0 Å². The number of fused-ring (bicyclic) bond motifs is 1. The van der Waals surface area contributed by atoms with Gasteiger partial charge in [-0.05, 0) is 36.9 Å². The lowest BCUT2D eigenvalue weighted by molar-refractivity contribution is 1.34. The van der Waals surface area contributed by atoms with E-state index in [-0.39, 0.29) is 0 Å². The van der Waals surface area contributed by atoms with Gasteiger partial charge in [0.1, 0.15) is 0 Å². The molecule has 0 saturated heterocycles. The van der Waals surface area contributed by atoms with Gasteiger partial charge >= 0.3 is 0 Å². The van der Waals surface area contributed by atoms with Gasteiger partial charge in [0.2, 0.25) is 0 Å². The van der Waals surface area contributed by atoms with E-state index >= 15 is 0 Å². The molecule has 0 atom stereocenters. The van der Waals surface area contributed by atoms with Crippen LogP contribution in [-0.2, 0) is 0 Å². The van der Waals surface area contributed by atoms with Gasteiger partial charge in [0.15, 0.2) is 0 Å². The second kappa shape index (κ2) is 5.76. The minimum atomic E-state index is 1.09. The van der Waals surface area contributed by atoms with Crippen LogP contribution in [0, 0.1) is 6.92 Å². The van der Waals surface area contributed by atoms with Crippen molar-refractivity contribution in [3.63, 3.8) is 0 Å². The topological polar surface area (TPSA) is 12.9 Å². The summed E-state index contributed by atoms with van der Waals surface area (Å²) >= 11 is 1.75. The molecule has 0 N–H and O–H groups in total. The zero-order chi connectivity index (χ0) is 11.3. The summed E-state index contributed by atoms with van der Waals surface area (Å²) in [5.74, 6) is 0. The van der Waals surface area contributed by atoms with Crippen LogP contribution in [0.25, 0.3) is 10.9 Å². The van der Waals surface area contributed by atoms with Crippen molar-refractivity contribution in [1.29, 1.82) is 0 Å². The Morgan fingerprint density at radius 1 is 1.13 bits per heavy atom. The molecule has 1 aromatic heterocycles. The smallest absolute Gasteiger partial charge is 0.0715 e. The average Bonchev–Trinajstić information content (AvgIpc) is 2.31. The summed E-state index contributed by atoms with van der Waals surface area (Å²) in [7, 11) is 0. The van der Waals surface area contributed by atoms with Gasteiger partial charge in [0.25, 0.3) is 0 Å². The van der Waals surface area contributed by atoms with E-state index < -0.39 is 0 Å². The fourth-order valence-electron chi connectivity index (χ4n) is 1.40. The molecule has 0 radical (unpaired) electrons. The fourth-order valence-corrected chi connectivity index (χ4v) is 1.83. The van der Waals surface area contributed by atoms with Gasteiger partial charge in [-0.2, -0.15) is 0 Å². The molecule has 0 aliphatic carbocycles. The maximum Gasteiger partial charge on any atom is 0.0715 e. The van der Waals surface area contributed by atoms with Crippen LogP contribution in [0.2, 0.25) is 0 Å². The van der Waals surface area contributed by atoms with E-state index in [4.69, 9.17) is 0 Å². The second-order valence-corrected chi connectivity index (χ2v) is 3.89. The molecule has 0 saturated carbocycles. The number of benzene rings is 1. The van der Waals surface area contributed by atoms with Crippen molar-refractivity contribution in [2.75, 3.05) is 6.26 Å². The first-order valence-electron chi connectivity index (χ1n) is 5.20. The summed E-state index contributed by atoms with van der Waals surface area (Å²) < 4.78 is 0. The second-order valence-electron chi connectivity index (χ2n) is 3.01. The van der Waals surface area contributed by atoms with Gasteiger partial charge in [-0.1, -0.05) is 19.9 Å². The molecule has 0 aliphatic heterocycles. The van der Waals surface area contributed by atoms with Crippen LogP contribution in [0.5, 0.6) is 0 Å². The van der Waals surface area contributed by atoms with Crippen molar-refractivity contribution in [2.24, 2.45) is 0 Å². The number of aromatic nitrogens is 1. The first-order valence-corrected chi connectivity index (χ1v) is 6.43. The van der Waals surface area contributed by atoms with Crippen molar-refractivity contribution in [2.45, 2.75) is 25.7 Å². The van der Waals surface area contributed by atoms with Crippen molar-refractivity contribution in [1.82, 2.24) is 4.98 Å². The summed E-state index contributed by atoms with van der Waals surface area (Å²) in [5, 5.41) is 1.25. The molecule has 2 aromatic rings. The van der Waals surface area contributed by atoms with E-state index in [9.17, 15) is 0 Å². The van der Waals surface area contributed by atoms with Crippen LogP contribution in [0.15, 0.2) is 35.4 Å². The van der Waals surface area contributed by atoms with E-state index in [0.29, 0.717) is 0 Å². The predicted octanol–water partition coefficient (Wildman–Crippen LogP) is 4.29. The number of hydrogen-bond donors (Lipinski definition) is 0. The maximum absolute atomic E-state index is 4.34. The van der Waals surface area contributed by atoms with Gasteiger partial charge in [-0.15, -0.1) is 11.8 Å². The number of aryl methyl sites for hydroxylation is 1. The van der Waals surface area contributed by atoms with E-state index in [1.165, 1.54) is 15.8 Å². The zero-order valence-electron chi connectivity index (χ0n) is 9.74. The molecular weight excluding hydrogens is 202 g/mol. The number of rotatable bonds is 1. The van der Waals surface area contributed by atoms with Crippen LogP contribution >= 0.6 is 11.8 Å². The van der Waals surface area contributed by atoms with Gasteiger partial charge in [0.05, 0.1) is 5.52 Å².